The van der Waals surface area contributed by atoms with Gasteiger partial charge in [-0.15, -0.1) is 0 Å². The molecule has 0 bridgehead atoms. The van der Waals surface area contributed by atoms with Gasteiger partial charge in [-0.05, 0) is 6.42 Å². The van der Waals surface area contributed by atoms with Crippen molar-refractivity contribution in [1.29, 1.82) is 0 Å². The molecule has 0 aliphatic rings. The monoisotopic (exact) mass is 412 g/mol. The number of unbranched alkanes of at least 4 members (excludes halogenated alkanes) is 22. The maximum Gasteiger partial charge on any atom is 0.0431 e. The van der Waals surface area contributed by atoms with Gasteiger partial charge in [0, 0.05) is 6.61 Å². The van der Waals surface area contributed by atoms with Crippen LogP contribution in [0.4, 0.5) is 0 Å². The summed E-state index contributed by atoms with van der Waals surface area (Å²) in [6.45, 7) is 7.20. The normalized spacial score (nSPS) is 10.8. The maximum atomic E-state index is 8.67. The third kappa shape index (κ3) is 35.7. The van der Waals surface area contributed by atoms with Gasteiger partial charge >= 0.3 is 0 Å². The van der Waals surface area contributed by atoms with Crippen LogP contribution in [0.1, 0.15) is 175 Å². The lowest BCUT2D eigenvalue weighted by atomic mass is 10.0. The van der Waals surface area contributed by atoms with Crippen LogP contribution in [0, 0.1) is 0 Å². The van der Waals surface area contributed by atoms with Crippen LogP contribution in [0.15, 0.2) is 0 Å². The quantitative estimate of drug-likeness (QED) is 0.165. The van der Waals surface area contributed by atoms with Crippen molar-refractivity contribution in [3.05, 3.63) is 0 Å². The first-order valence-electron chi connectivity index (χ1n) is 13.9. The maximum absolute atomic E-state index is 8.67. The minimum atomic E-state index is 0.373. The summed E-state index contributed by atoms with van der Waals surface area (Å²) in [5, 5.41) is 8.67. The average Bonchev–Trinajstić information content (AvgIpc) is 2.74. The molecule has 0 atom stereocenters. The Labute approximate surface area is 186 Å². The molecular formula is C28H60O. The van der Waals surface area contributed by atoms with Gasteiger partial charge in [0.05, 0.1) is 0 Å². The minimum absolute atomic E-state index is 0.373. The minimum Gasteiger partial charge on any atom is -0.396 e. The van der Waals surface area contributed by atoms with Crippen molar-refractivity contribution in [1.82, 2.24) is 0 Å². The van der Waals surface area contributed by atoms with E-state index >= 15 is 0 Å². The fourth-order valence-electron chi connectivity index (χ4n) is 3.87. The molecule has 0 fully saturated rings. The van der Waals surface area contributed by atoms with Crippen molar-refractivity contribution in [2.24, 2.45) is 0 Å². The molecule has 0 aromatic rings. The average molecular weight is 413 g/mol. The Hall–Kier alpha value is -0.0400. The lowest BCUT2D eigenvalue weighted by molar-refractivity contribution is 0.282. The number of hydrogen-bond donors (Lipinski definition) is 1. The summed E-state index contributed by atoms with van der Waals surface area (Å²) in [6, 6.07) is 0. The van der Waals surface area contributed by atoms with E-state index in [1.165, 1.54) is 148 Å². The summed E-state index contributed by atoms with van der Waals surface area (Å²) in [5.41, 5.74) is 0. The predicted octanol–water partition coefficient (Wildman–Crippen LogP) is 10.4. The largest absolute Gasteiger partial charge is 0.396 e. The van der Waals surface area contributed by atoms with Gasteiger partial charge in [-0.3, -0.25) is 0 Å². The molecule has 29 heavy (non-hydrogen) atoms. The molecule has 0 amide bonds. The fraction of sp³-hybridized carbons (Fsp3) is 1.00. The third-order valence-electron chi connectivity index (χ3n) is 5.97. The molecule has 0 saturated heterocycles. The van der Waals surface area contributed by atoms with Gasteiger partial charge in [0.25, 0.3) is 0 Å². The van der Waals surface area contributed by atoms with E-state index in [2.05, 4.69) is 20.8 Å². The van der Waals surface area contributed by atoms with Crippen LogP contribution >= 0.6 is 0 Å². The van der Waals surface area contributed by atoms with Crippen LogP contribution in [0.25, 0.3) is 0 Å². The lowest BCUT2D eigenvalue weighted by Crippen LogP contribution is -1.85. The second kappa shape index (κ2) is 32.6. The Morgan fingerprint density at radius 2 is 0.448 bits per heavy atom. The van der Waals surface area contributed by atoms with Gasteiger partial charge in [0.15, 0.2) is 0 Å². The molecule has 0 heterocycles. The van der Waals surface area contributed by atoms with Gasteiger partial charge in [-0.2, -0.15) is 0 Å². The van der Waals surface area contributed by atoms with E-state index < -0.39 is 0 Å². The summed E-state index contributed by atoms with van der Waals surface area (Å²) >= 11 is 0. The molecule has 1 N–H and O–H groups in total. The van der Waals surface area contributed by atoms with Crippen LogP contribution in [-0.4, -0.2) is 11.7 Å². The highest BCUT2D eigenvalue weighted by Gasteiger charge is 1.94. The third-order valence-corrected chi connectivity index (χ3v) is 5.97. The van der Waals surface area contributed by atoms with Crippen molar-refractivity contribution in [2.75, 3.05) is 6.61 Å². The van der Waals surface area contributed by atoms with Gasteiger partial charge in [0.2, 0.25) is 0 Å². The van der Waals surface area contributed by atoms with Crippen LogP contribution in [0.5, 0.6) is 0 Å². The van der Waals surface area contributed by atoms with Crippen LogP contribution in [0.2, 0.25) is 0 Å². The van der Waals surface area contributed by atoms with Gasteiger partial charge in [-0.25, -0.2) is 0 Å². The van der Waals surface area contributed by atoms with Crippen molar-refractivity contribution >= 4 is 0 Å². The Kier molecular flexibility index (Phi) is 35.0. The number of rotatable bonds is 23. The topological polar surface area (TPSA) is 20.2 Å². The molecule has 0 aliphatic carbocycles. The first-order chi connectivity index (χ1) is 14.3. The van der Waals surface area contributed by atoms with Crippen LogP contribution in [-0.2, 0) is 0 Å². The summed E-state index contributed by atoms with van der Waals surface area (Å²) in [7, 11) is 0. The Bertz CT molecular complexity index is 214. The SMILES string of the molecule is CCCCCCCCCC.CCCCCCCCCCCCCCCCCCO. The van der Waals surface area contributed by atoms with E-state index in [1.54, 1.807) is 0 Å². The zero-order chi connectivity index (χ0) is 21.7. The van der Waals surface area contributed by atoms with Crippen LogP contribution < -0.4 is 0 Å². The standard InChI is InChI=1S/C18H38O.C10H22/c1-2-3-4-5-6-7-8-9-10-11-12-13-14-15-16-17-18-19;1-3-5-7-9-10-8-6-4-2/h19H,2-18H2,1H3;3-10H2,1-2H3. The summed E-state index contributed by atoms with van der Waals surface area (Å²) in [6.07, 6.45) is 33.6. The zero-order valence-corrected chi connectivity index (χ0v) is 21.1. The molecule has 0 unspecified atom stereocenters. The lowest BCUT2D eigenvalue weighted by Gasteiger charge is -2.03. The molecule has 1 heteroatoms. The second-order valence-electron chi connectivity index (χ2n) is 9.15. The molecule has 0 saturated carbocycles. The van der Waals surface area contributed by atoms with Gasteiger partial charge in [-0.1, -0.05) is 168 Å². The highest BCUT2D eigenvalue weighted by atomic mass is 16.2. The van der Waals surface area contributed by atoms with Crippen molar-refractivity contribution < 1.29 is 5.11 Å². The molecule has 0 aromatic carbocycles. The first kappa shape index (κ1) is 31.1. The molecule has 0 spiro atoms. The van der Waals surface area contributed by atoms with E-state index in [0.717, 1.165) is 6.42 Å². The summed E-state index contributed by atoms with van der Waals surface area (Å²) in [4.78, 5) is 0. The van der Waals surface area contributed by atoms with Crippen molar-refractivity contribution in [3.8, 4) is 0 Å². The Morgan fingerprint density at radius 3 is 0.621 bits per heavy atom. The fourth-order valence-corrected chi connectivity index (χ4v) is 3.87. The number of aliphatic hydroxyl groups is 1. The highest BCUT2D eigenvalue weighted by Crippen LogP contribution is 2.13. The van der Waals surface area contributed by atoms with Gasteiger partial charge in [0.1, 0.15) is 0 Å². The molecule has 1 nitrogen and oxygen atoms in total. The smallest absolute Gasteiger partial charge is 0.0431 e. The second-order valence-corrected chi connectivity index (χ2v) is 9.15. The van der Waals surface area contributed by atoms with E-state index in [9.17, 15) is 0 Å². The Balaban J connectivity index is 0. The number of aliphatic hydroxyl groups excluding tert-OH is 1. The zero-order valence-electron chi connectivity index (χ0n) is 21.1. The molecule has 178 valence electrons. The molecular weight excluding hydrogens is 352 g/mol. The predicted molar refractivity (Wildman–Crippen MR) is 135 cm³/mol. The highest BCUT2D eigenvalue weighted by molar-refractivity contribution is 4.49. The molecule has 0 aromatic heterocycles. The summed E-state index contributed by atoms with van der Waals surface area (Å²) < 4.78 is 0. The number of hydrogen-bond acceptors (Lipinski definition) is 1. The van der Waals surface area contributed by atoms with Crippen LogP contribution in [0.3, 0.4) is 0 Å². The molecule has 0 rings (SSSR count). The van der Waals surface area contributed by atoms with Gasteiger partial charge < -0.3 is 5.11 Å². The van der Waals surface area contributed by atoms with E-state index in [1.807, 2.05) is 0 Å². The Morgan fingerprint density at radius 1 is 0.276 bits per heavy atom. The summed E-state index contributed by atoms with van der Waals surface area (Å²) in [5.74, 6) is 0. The van der Waals surface area contributed by atoms with E-state index in [4.69, 9.17) is 5.11 Å². The molecule has 0 radical (unpaired) electrons. The van der Waals surface area contributed by atoms with Crippen molar-refractivity contribution in [3.63, 3.8) is 0 Å². The first-order valence-corrected chi connectivity index (χ1v) is 13.9. The molecule has 0 aliphatic heterocycles. The van der Waals surface area contributed by atoms with E-state index in [-0.39, 0.29) is 0 Å². The van der Waals surface area contributed by atoms with E-state index in [0.29, 0.717) is 6.61 Å². The van der Waals surface area contributed by atoms with Crippen molar-refractivity contribution in [2.45, 2.75) is 175 Å².